The minimum atomic E-state index is -1.13. The Morgan fingerprint density at radius 2 is 2.20 bits per heavy atom. The van der Waals surface area contributed by atoms with E-state index in [0.717, 1.165) is 0 Å². The molecule has 5 heteroatoms. The molecule has 1 aliphatic rings. The molecule has 1 aliphatic carbocycles. The third-order valence-electron chi connectivity index (χ3n) is 2.70. The van der Waals surface area contributed by atoms with Gasteiger partial charge in [0.25, 0.3) is 0 Å². The first kappa shape index (κ1) is 10.1. The van der Waals surface area contributed by atoms with Gasteiger partial charge < -0.3 is 5.11 Å². The van der Waals surface area contributed by atoms with Crippen LogP contribution >= 0.6 is 11.6 Å². The van der Waals surface area contributed by atoms with Crippen molar-refractivity contribution in [1.29, 1.82) is 0 Å². The number of hydrogen-bond donors (Lipinski definition) is 1. The van der Waals surface area contributed by atoms with Crippen molar-refractivity contribution in [3.8, 4) is 0 Å². The number of aliphatic carboxylic acids is 1. The summed E-state index contributed by atoms with van der Waals surface area (Å²) in [5, 5.41) is 9.45. The van der Waals surface area contributed by atoms with Gasteiger partial charge in [-0.2, -0.15) is 0 Å². The monoisotopic (exact) mass is 225 g/mol. The first-order chi connectivity index (χ1) is 7.06. The molecule has 78 valence electrons. The van der Waals surface area contributed by atoms with Crippen molar-refractivity contribution in [1.82, 2.24) is 4.98 Å². The zero-order valence-electron chi connectivity index (χ0n) is 7.74. The van der Waals surface area contributed by atoms with Crippen molar-refractivity contribution in [2.45, 2.75) is 18.3 Å². The summed E-state index contributed by atoms with van der Waals surface area (Å²) >= 11 is 5.88. The molecule has 1 N–H and O–H groups in total. The van der Waals surface area contributed by atoms with Crippen LogP contribution in [0.1, 0.15) is 18.4 Å². The molecule has 1 saturated carbocycles. The number of pyridine rings is 1. The molecule has 15 heavy (non-hydrogen) atoms. The van der Waals surface area contributed by atoms with Crippen LogP contribution < -0.4 is 0 Å². The lowest BCUT2D eigenvalue weighted by atomic mass is 9.64. The number of carbonyl (C=O) groups is 2. The number of Topliss-reactive ketones (excluding diaryl/α,β-unsaturated/α-hetero) is 1. The molecular weight excluding hydrogens is 218 g/mol. The smallest absolute Gasteiger partial charge is 0.315 e. The molecule has 0 bridgehead atoms. The van der Waals surface area contributed by atoms with Gasteiger partial charge in [0.2, 0.25) is 0 Å². The average molecular weight is 226 g/mol. The minimum absolute atomic E-state index is 0.0199. The molecule has 0 atom stereocenters. The highest BCUT2D eigenvalue weighted by atomic mass is 35.5. The van der Waals surface area contributed by atoms with Crippen molar-refractivity contribution >= 4 is 23.4 Å². The summed E-state index contributed by atoms with van der Waals surface area (Å²) in [5.74, 6) is -1.06. The summed E-state index contributed by atoms with van der Waals surface area (Å²) in [6.07, 6.45) is 2.91. The SMILES string of the molecule is O=C1CC(C(=O)O)(c2ccncc2Cl)C1. The van der Waals surface area contributed by atoms with Gasteiger partial charge in [-0.25, -0.2) is 0 Å². The molecule has 0 amide bonds. The molecule has 2 rings (SSSR count). The number of rotatable bonds is 2. The zero-order chi connectivity index (χ0) is 11.1. The summed E-state index contributed by atoms with van der Waals surface area (Å²) < 4.78 is 0. The third kappa shape index (κ3) is 1.41. The molecule has 1 aromatic heterocycles. The van der Waals surface area contributed by atoms with E-state index in [1.54, 1.807) is 6.07 Å². The number of carbonyl (C=O) groups excluding carboxylic acids is 1. The summed E-state index contributed by atoms with van der Waals surface area (Å²) in [5.41, 5.74) is -0.650. The number of nitrogens with zero attached hydrogens (tertiary/aromatic N) is 1. The van der Waals surface area contributed by atoms with E-state index in [9.17, 15) is 9.59 Å². The molecule has 1 aromatic rings. The van der Waals surface area contributed by atoms with E-state index in [-0.39, 0.29) is 18.6 Å². The van der Waals surface area contributed by atoms with Crippen LogP contribution in [0.5, 0.6) is 0 Å². The largest absolute Gasteiger partial charge is 0.481 e. The van der Waals surface area contributed by atoms with Crippen LogP contribution in [0, 0.1) is 0 Å². The fourth-order valence-electron chi connectivity index (χ4n) is 1.84. The summed E-state index contributed by atoms with van der Waals surface area (Å²) in [6.45, 7) is 0. The zero-order valence-corrected chi connectivity index (χ0v) is 8.49. The maximum Gasteiger partial charge on any atom is 0.315 e. The van der Waals surface area contributed by atoms with E-state index in [1.165, 1.54) is 12.4 Å². The van der Waals surface area contributed by atoms with E-state index in [1.807, 2.05) is 0 Å². The van der Waals surface area contributed by atoms with Crippen LogP contribution in [0.4, 0.5) is 0 Å². The Kier molecular flexibility index (Phi) is 2.23. The molecule has 0 spiro atoms. The summed E-state index contributed by atoms with van der Waals surface area (Å²) in [6, 6.07) is 1.56. The quantitative estimate of drug-likeness (QED) is 0.827. The normalized spacial score (nSPS) is 18.3. The van der Waals surface area contributed by atoms with Gasteiger partial charge in [-0.1, -0.05) is 11.6 Å². The van der Waals surface area contributed by atoms with Gasteiger partial charge in [0, 0.05) is 25.2 Å². The molecule has 0 aromatic carbocycles. The van der Waals surface area contributed by atoms with Crippen molar-refractivity contribution in [3.05, 3.63) is 29.0 Å². The van der Waals surface area contributed by atoms with E-state index in [4.69, 9.17) is 16.7 Å². The van der Waals surface area contributed by atoms with Crippen molar-refractivity contribution in [2.24, 2.45) is 0 Å². The number of carboxylic acid groups (broad SMARTS) is 1. The van der Waals surface area contributed by atoms with Gasteiger partial charge in [0.1, 0.15) is 11.2 Å². The highest BCUT2D eigenvalue weighted by Gasteiger charge is 2.52. The predicted molar refractivity (Wildman–Crippen MR) is 52.8 cm³/mol. The Hall–Kier alpha value is -1.42. The molecule has 0 radical (unpaired) electrons. The second-order valence-corrected chi connectivity index (χ2v) is 4.04. The van der Waals surface area contributed by atoms with Crippen LogP contribution in [0.25, 0.3) is 0 Å². The van der Waals surface area contributed by atoms with Crippen LogP contribution in [0.15, 0.2) is 18.5 Å². The standard InChI is InChI=1S/C10H8ClNO3/c11-8-5-12-2-1-7(8)10(9(14)15)3-6(13)4-10/h1-2,5H,3-4H2,(H,14,15). The maximum atomic E-state index is 11.2. The van der Waals surface area contributed by atoms with Gasteiger partial charge in [-0.3, -0.25) is 14.6 Å². The highest BCUT2D eigenvalue weighted by Crippen LogP contribution is 2.43. The minimum Gasteiger partial charge on any atom is -0.481 e. The molecule has 4 nitrogen and oxygen atoms in total. The number of ketones is 1. The number of aromatic nitrogens is 1. The lowest BCUT2D eigenvalue weighted by Gasteiger charge is -2.36. The summed E-state index contributed by atoms with van der Waals surface area (Å²) in [7, 11) is 0. The Morgan fingerprint density at radius 1 is 1.53 bits per heavy atom. The van der Waals surface area contributed by atoms with Crippen LogP contribution in [-0.4, -0.2) is 21.8 Å². The van der Waals surface area contributed by atoms with Crippen LogP contribution in [0.2, 0.25) is 5.02 Å². The highest BCUT2D eigenvalue weighted by molar-refractivity contribution is 6.31. The lowest BCUT2D eigenvalue weighted by molar-refractivity contribution is -0.153. The molecular formula is C10H8ClNO3. The van der Waals surface area contributed by atoms with Crippen LogP contribution in [0.3, 0.4) is 0 Å². The predicted octanol–water partition coefficient (Wildman–Crippen LogP) is 1.42. The molecule has 1 heterocycles. The van der Waals surface area contributed by atoms with E-state index in [2.05, 4.69) is 4.98 Å². The van der Waals surface area contributed by atoms with E-state index < -0.39 is 11.4 Å². The topological polar surface area (TPSA) is 67.3 Å². The Bertz CT molecular complexity index is 436. The Balaban J connectivity index is 2.48. The fraction of sp³-hybridized carbons (Fsp3) is 0.300. The van der Waals surface area contributed by atoms with Gasteiger partial charge in [0.05, 0.1) is 5.02 Å². The first-order valence-electron chi connectivity index (χ1n) is 4.41. The Morgan fingerprint density at radius 3 is 2.67 bits per heavy atom. The summed E-state index contributed by atoms with van der Waals surface area (Å²) in [4.78, 5) is 25.9. The van der Waals surface area contributed by atoms with Crippen LogP contribution in [-0.2, 0) is 15.0 Å². The second-order valence-electron chi connectivity index (χ2n) is 3.64. The maximum absolute atomic E-state index is 11.2. The van der Waals surface area contributed by atoms with E-state index in [0.29, 0.717) is 10.6 Å². The van der Waals surface area contributed by atoms with Gasteiger partial charge in [0.15, 0.2) is 0 Å². The van der Waals surface area contributed by atoms with Gasteiger partial charge >= 0.3 is 5.97 Å². The van der Waals surface area contributed by atoms with Crippen molar-refractivity contribution in [3.63, 3.8) is 0 Å². The fourth-order valence-corrected chi connectivity index (χ4v) is 2.14. The van der Waals surface area contributed by atoms with Gasteiger partial charge in [-0.15, -0.1) is 0 Å². The number of halogens is 1. The van der Waals surface area contributed by atoms with Gasteiger partial charge in [-0.05, 0) is 11.6 Å². The molecule has 0 unspecified atom stereocenters. The van der Waals surface area contributed by atoms with Crippen molar-refractivity contribution < 1.29 is 14.7 Å². The third-order valence-corrected chi connectivity index (χ3v) is 3.00. The first-order valence-corrected chi connectivity index (χ1v) is 4.79. The molecule has 0 saturated heterocycles. The second kappa shape index (κ2) is 3.31. The van der Waals surface area contributed by atoms with E-state index >= 15 is 0 Å². The molecule has 1 fully saturated rings. The van der Waals surface area contributed by atoms with Crippen molar-refractivity contribution in [2.75, 3.05) is 0 Å². The number of carboxylic acids is 1. The molecule has 0 aliphatic heterocycles. The lowest BCUT2D eigenvalue weighted by Crippen LogP contribution is -2.48. The average Bonchev–Trinajstić information content (AvgIpc) is 2.13. The Labute approximate surface area is 90.9 Å². The number of hydrogen-bond acceptors (Lipinski definition) is 3.